The molecule has 0 saturated carbocycles. The summed E-state index contributed by atoms with van der Waals surface area (Å²) in [6.07, 6.45) is -4.08. The summed E-state index contributed by atoms with van der Waals surface area (Å²) in [7, 11) is -1.76. The van der Waals surface area contributed by atoms with Crippen LogP contribution in [0.2, 0.25) is 5.02 Å². The molecule has 1 aromatic carbocycles. The Morgan fingerprint density at radius 3 is 2.67 bits per heavy atom. The third kappa shape index (κ3) is 4.90. The molecule has 242 valence electrons. The number of ether oxygens (including phenoxy) is 2. The number of aromatic nitrogens is 3. The number of nitrogens with zero attached hydrogens (tertiary/aromatic N) is 5. The summed E-state index contributed by atoms with van der Waals surface area (Å²) in [6, 6.07) is 1.52. The molecule has 0 unspecified atom stereocenters. The van der Waals surface area contributed by atoms with Gasteiger partial charge in [-0.25, -0.2) is 22.2 Å². The Morgan fingerprint density at radius 1 is 1.20 bits per heavy atom. The number of halogens is 6. The molecule has 0 aliphatic carbocycles. The van der Waals surface area contributed by atoms with Crippen molar-refractivity contribution in [3.05, 3.63) is 28.5 Å². The van der Waals surface area contributed by atoms with Gasteiger partial charge in [0, 0.05) is 37.7 Å². The van der Waals surface area contributed by atoms with Gasteiger partial charge in [0.2, 0.25) is 5.88 Å². The standard InChI is InChI=1S/C28H28ClF5N6O4S/c1-39-23-18-22(37-25(38-23)44-11-26-3-2-5-40(26)10-14(30)9-26)20(31)21(16-7-15(35)8-17(29)19(16)28(32,33)34)36-24(18)43-6-4-27(39)12-45(41,42)13-27/h7-8,14H,2-6,9-13,35H2,1H3/t14-,26+/m1/s1. The number of hydrogen-bond acceptors (Lipinski definition) is 10. The Morgan fingerprint density at radius 2 is 1.96 bits per heavy atom. The molecule has 3 saturated heterocycles. The number of alkyl halides is 4. The van der Waals surface area contributed by atoms with Crippen LogP contribution in [-0.4, -0.2) is 90.4 Å². The van der Waals surface area contributed by atoms with Gasteiger partial charge < -0.3 is 20.1 Å². The Labute approximate surface area is 259 Å². The number of anilines is 2. The lowest BCUT2D eigenvalue weighted by Crippen LogP contribution is -2.65. The number of pyridine rings is 1. The van der Waals surface area contributed by atoms with E-state index < -0.39 is 66.4 Å². The van der Waals surface area contributed by atoms with Crippen molar-refractivity contribution in [2.24, 2.45) is 0 Å². The van der Waals surface area contributed by atoms with Gasteiger partial charge in [0.25, 0.3) is 0 Å². The highest BCUT2D eigenvalue weighted by atomic mass is 35.5. The van der Waals surface area contributed by atoms with Gasteiger partial charge in [-0.15, -0.1) is 0 Å². The zero-order valence-electron chi connectivity index (χ0n) is 23.9. The van der Waals surface area contributed by atoms with Gasteiger partial charge in [-0.3, -0.25) is 4.90 Å². The molecule has 2 N–H and O–H groups in total. The van der Waals surface area contributed by atoms with Crippen LogP contribution in [0.5, 0.6) is 11.9 Å². The highest BCUT2D eigenvalue weighted by molar-refractivity contribution is 7.93. The van der Waals surface area contributed by atoms with Crippen molar-refractivity contribution in [2.45, 2.75) is 49.1 Å². The van der Waals surface area contributed by atoms with Crippen LogP contribution in [0.15, 0.2) is 12.1 Å². The minimum atomic E-state index is -4.99. The number of sulfone groups is 1. The molecule has 7 rings (SSSR count). The molecule has 6 heterocycles. The van der Waals surface area contributed by atoms with Crippen molar-refractivity contribution in [3.8, 4) is 23.1 Å². The van der Waals surface area contributed by atoms with Gasteiger partial charge in [0.05, 0.1) is 39.8 Å². The fourth-order valence-corrected chi connectivity index (χ4v) is 9.85. The van der Waals surface area contributed by atoms with Crippen LogP contribution < -0.4 is 20.1 Å². The third-order valence-electron chi connectivity index (χ3n) is 9.41. The molecule has 2 aromatic heterocycles. The number of nitrogen functional groups attached to an aromatic ring is 1. The van der Waals surface area contributed by atoms with Gasteiger partial charge in [-0.05, 0) is 31.5 Å². The summed E-state index contributed by atoms with van der Waals surface area (Å²) >= 11 is 5.96. The minimum Gasteiger partial charge on any atom is -0.477 e. The van der Waals surface area contributed by atoms with E-state index in [0.717, 1.165) is 18.6 Å². The topological polar surface area (TPSA) is 124 Å². The Kier molecular flexibility index (Phi) is 6.85. The number of nitrogens with two attached hydrogens (primary N) is 1. The quantitative estimate of drug-likeness (QED) is 0.314. The maximum Gasteiger partial charge on any atom is 0.418 e. The minimum absolute atomic E-state index is 0.00638. The average Bonchev–Trinajstić information content (AvgIpc) is 3.45. The van der Waals surface area contributed by atoms with Crippen molar-refractivity contribution in [1.29, 1.82) is 0 Å². The van der Waals surface area contributed by atoms with Crippen LogP contribution >= 0.6 is 11.6 Å². The van der Waals surface area contributed by atoms with Crippen LogP contribution in [0.4, 0.5) is 33.5 Å². The van der Waals surface area contributed by atoms with Crippen LogP contribution in [0.1, 0.15) is 31.2 Å². The molecule has 1 spiro atoms. The molecule has 2 atom stereocenters. The van der Waals surface area contributed by atoms with Crippen molar-refractivity contribution in [3.63, 3.8) is 0 Å². The normalized spacial score (nSPS) is 25.5. The molecule has 45 heavy (non-hydrogen) atoms. The van der Waals surface area contributed by atoms with Crippen LogP contribution in [0.25, 0.3) is 22.2 Å². The zero-order valence-corrected chi connectivity index (χ0v) is 25.5. The van der Waals surface area contributed by atoms with E-state index in [1.165, 1.54) is 0 Å². The number of hydrogen-bond donors (Lipinski definition) is 1. The lowest BCUT2D eigenvalue weighted by Gasteiger charge is -2.49. The molecule has 10 nitrogen and oxygen atoms in total. The molecule has 3 fully saturated rings. The first-order valence-corrected chi connectivity index (χ1v) is 16.5. The van der Waals surface area contributed by atoms with Crippen LogP contribution in [0.3, 0.4) is 0 Å². The van der Waals surface area contributed by atoms with Crippen molar-refractivity contribution in [2.75, 3.05) is 55.5 Å². The van der Waals surface area contributed by atoms with Crippen LogP contribution in [-0.2, 0) is 16.0 Å². The van der Waals surface area contributed by atoms with Gasteiger partial charge >= 0.3 is 12.2 Å². The largest absolute Gasteiger partial charge is 0.477 e. The maximum atomic E-state index is 16.6. The molecule has 17 heteroatoms. The van der Waals surface area contributed by atoms with E-state index in [0.29, 0.717) is 13.0 Å². The molecule has 3 aromatic rings. The van der Waals surface area contributed by atoms with E-state index >= 15 is 4.39 Å². The van der Waals surface area contributed by atoms with Gasteiger partial charge in [-0.2, -0.15) is 23.1 Å². The Bertz CT molecular complexity index is 1830. The molecule has 0 radical (unpaired) electrons. The summed E-state index contributed by atoms with van der Waals surface area (Å²) in [5.41, 5.74) is 0.857. The number of fused-ring (bicyclic) bond motifs is 1. The SMILES string of the molecule is CN1c2nc(OC[C@@]34CCCN3C[C@H](F)C4)nc3c(F)c(-c4cc(N)cc(Cl)c4C(F)(F)F)nc(c23)OCCC12CS(=O)(=O)C2. The smallest absolute Gasteiger partial charge is 0.418 e. The third-order valence-corrected chi connectivity index (χ3v) is 11.7. The fraction of sp³-hybridized carbons (Fsp3) is 0.536. The van der Waals surface area contributed by atoms with E-state index in [9.17, 15) is 26.0 Å². The predicted octanol–water partition coefficient (Wildman–Crippen LogP) is 4.43. The second-order valence-electron chi connectivity index (χ2n) is 12.3. The van der Waals surface area contributed by atoms with Gasteiger partial charge in [0.15, 0.2) is 15.7 Å². The highest BCUT2D eigenvalue weighted by Gasteiger charge is 2.53. The van der Waals surface area contributed by atoms with Crippen LogP contribution in [0, 0.1) is 5.82 Å². The molecule has 4 aliphatic rings. The first kappa shape index (κ1) is 30.4. The second kappa shape index (κ2) is 10.1. The maximum absolute atomic E-state index is 16.6. The Balaban J connectivity index is 1.42. The van der Waals surface area contributed by atoms with Gasteiger partial charge in [0.1, 0.15) is 35.2 Å². The van der Waals surface area contributed by atoms with Crippen molar-refractivity contribution >= 4 is 43.8 Å². The van der Waals surface area contributed by atoms with E-state index in [4.69, 9.17) is 26.8 Å². The fourth-order valence-electron chi connectivity index (χ4n) is 7.29. The summed E-state index contributed by atoms with van der Waals surface area (Å²) in [5.74, 6) is -1.88. The highest BCUT2D eigenvalue weighted by Crippen LogP contribution is 2.48. The van der Waals surface area contributed by atoms with E-state index in [-0.39, 0.29) is 72.9 Å². The zero-order chi connectivity index (χ0) is 32.1. The number of rotatable bonds is 4. The first-order valence-electron chi connectivity index (χ1n) is 14.3. The summed E-state index contributed by atoms with van der Waals surface area (Å²) in [5, 5.41) is -0.811. The van der Waals surface area contributed by atoms with Crippen molar-refractivity contribution in [1.82, 2.24) is 19.9 Å². The molecular formula is C28H28ClF5N6O4S. The summed E-state index contributed by atoms with van der Waals surface area (Å²) in [4.78, 5) is 16.6. The number of benzene rings is 1. The molecule has 0 bridgehead atoms. The summed E-state index contributed by atoms with van der Waals surface area (Å²) < 4.78 is 110. The lowest BCUT2D eigenvalue weighted by atomic mass is 9.95. The van der Waals surface area contributed by atoms with E-state index in [1.807, 2.05) is 4.90 Å². The molecular weight excluding hydrogens is 647 g/mol. The second-order valence-corrected chi connectivity index (χ2v) is 14.8. The monoisotopic (exact) mass is 674 g/mol. The average molecular weight is 675 g/mol. The molecule has 4 aliphatic heterocycles. The van der Waals surface area contributed by atoms with E-state index in [2.05, 4.69) is 15.0 Å². The van der Waals surface area contributed by atoms with E-state index in [1.54, 1.807) is 11.9 Å². The molecule has 0 amide bonds. The summed E-state index contributed by atoms with van der Waals surface area (Å²) in [6.45, 7) is 0.883. The van der Waals surface area contributed by atoms with Gasteiger partial charge in [-0.1, -0.05) is 11.6 Å². The first-order chi connectivity index (χ1) is 21.1. The lowest BCUT2D eigenvalue weighted by molar-refractivity contribution is -0.137. The predicted molar refractivity (Wildman–Crippen MR) is 156 cm³/mol. The van der Waals surface area contributed by atoms with Crippen molar-refractivity contribution < 1.29 is 39.8 Å². The Hall–Kier alpha value is -3.24.